The van der Waals surface area contributed by atoms with E-state index < -0.39 is 0 Å². The number of hydrogen-bond donors (Lipinski definition) is 1. The molecule has 4 heteroatoms. The monoisotopic (exact) mass is 233 g/mol. The molecule has 0 bridgehead atoms. The summed E-state index contributed by atoms with van der Waals surface area (Å²) in [5.74, 6) is 0.640. The van der Waals surface area contributed by atoms with Gasteiger partial charge in [-0.3, -0.25) is 10.00 Å². The Labute approximate surface area is 99.1 Å². The number of nitrogens with zero attached hydrogens (tertiary/aromatic N) is 2. The van der Waals surface area contributed by atoms with Gasteiger partial charge in [0.1, 0.15) is 0 Å². The quantitative estimate of drug-likeness (QED) is 0.883. The molecule has 1 aliphatic heterocycles. The largest absolute Gasteiger partial charge is 0.298 e. The molecule has 84 valence electrons. The molecule has 2 aromatic heterocycles. The van der Waals surface area contributed by atoms with Gasteiger partial charge in [-0.15, -0.1) is 0 Å². The SMILES string of the molecule is c1cc(C2CCN(Cc3ccsc3)C2)[nH]n1. The van der Waals surface area contributed by atoms with Crippen LogP contribution in [0.2, 0.25) is 0 Å². The normalized spacial score (nSPS) is 21.6. The van der Waals surface area contributed by atoms with Gasteiger partial charge in [0, 0.05) is 30.9 Å². The first kappa shape index (κ1) is 10.1. The number of hydrogen-bond acceptors (Lipinski definition) is 3. The molecular weight excluding hydrogens is 218 g/mol. The van der Waals surface area contributed by atoms with E-state index in [-0.39, 0.29) is 0 Å². The topological polar surface area (TPSA) is 31.9 Å². The second kappa shape index (κ2) is 4.39. The van der Waals surface area contributed by atoms with Gasteiger partial charge in [0.25, 0.3) is 0 Å². The molecule has 3 rings (SSSR count). The first-order valence-corrected chi connectivity index (χ1v) is 6.59. The van der Waals surface area contributed by atoms with Gasteiger partial charge in [0.05, 0.1) is 0 Å². The summed E-state index contributed by atoms with van der Waals surface area (Å²) in [5, 5.41) is 11.5. The second-order valence-corrected chi connectivity index (χ2v) is 5.14. The molecular formula is C12H15N3S. The molecule has 1 aliphatic rings. The summed E-state index contributed by atoms with van der Waals surface area (Å²) in [6, 6.07) is 4.31. The highest BCUT2D eigenvalue weighted by atomic mass is 32.1. The van der Waals surface area contributed by atoms with Crippen molar-refractivity contribution in [2.24, 2.45) is 0 Å². The van der Waals surface area contributed by atoms with Crippen LogP contribution >= 0.6 is 11.3 Å². The summed E-state index contributed by atoms with van der Waals surface area (Å²) >= 11 is 1.78. The van der Waals surface area contributed by atoms with Crippen LogP contribution in [-0.4, -0.2) is 28.2 Å². The maximum absolute atomic E-state index is 4.03. The van der Waals surface area contributed by atoms with Crippen LogP contribution in [0.1, 0.15) is 23.6 Å². The molecule has 1 saturated heterocycles. The molecule has 1 atom stereocenters. The predicted octanol–water partition coefficient (Wildman–Crippen LogP) is 2.46. The molecule has 0 amide bonds. The molecule has 3 heterocycles. The molecule has 0 aliphatic carbocycles. The molecule has 1 fully saturated rings. The Morgan fingerprint density at radius 3 is 3.25 bits per heavy atom. The number of H-pyrrole nitrogens is 1. The van der Waals surface area contributed by atoms with E-state index in [1.807, 2.05) is 6.20 Å². The van der Waals surface area contributed by atoms with E-state index >= 15 is 0 Å². The first-order valence-electron chi connectivity index (χ1n) is 5.64. The minimum absolute atomic E-state index is 0.640. The standard InChI is InChI=1S/C12H15N3S/c1-4-13-14-12(1)11-2-5-15(8-11)7-10-3-6-16-9-10/h1,3-4,6,9,11H,2,5,7-8H2,(H,13,14). The summed E-state index contributed by atoms with van der Waals surface area (Å²) in [4.78, 5) is 2.52. The van der Waals surface area contributed by atoms with Gasteiger partial charge in [-0.25, -0.2) is 0 Å². The van der Waals surface area contributed by atoms with Crippen LogP contribution in [0.15, 0.2) is 29.1 Å². The van der Waals surface area contributed by atoms with Crippen LogP contribution in [0.25, 0.3) is 0 Å². The summed E-state index contributed by atoms with van der Waals surface area (Å²) in [6.45, 7) is 3.44. The Morgan fingerprint density at radius 2 is 2.50 bits per heavy atom. The molecule has 1 unspecified atom stereocenters. The van der Waals surface area contributed by atoms with Gasteiger partial charge in [-0.1, -0.05) is 0 Å². The lowest BCUT2D eigenvalue weighted by molar-refractivity contribution is 0.327. The average molecular weight is 233 g/mol. The van der Waals surface area contributed by atoms with Crippen molar-refractivity contribution in [3.8, 4) is 0 Å². The zero-order valence-corrected chi connectivity index (χ0v) is 9.91. The van der Waals surface area contributed by atoms with Crippen molar-refractivity contribution in [1.82, 2.24) is 15.1 Å². The van der Waals surface area contributed by atoms with Crippen molar-refractivity contribution in [2.45, 2.75) is 18.9 Å². The van der Waals surface area contributed by atoms with E-state index in [2.05, 4.69) is 38.0 Å². The molecule has 2 aromatic rings. The summed E-state index contributed by atoms with van der Waals surface area (Å²) < 4.78 is 0. The molecule has 0 aromatic carbocycles. The van der Waals surface area contributed by atoms with Crippen LogP contribution in [0.5, 0.6) is 0 Å². The first-order chi connectivity index (χ1) is 7.92. The highest BCUT2D eigenvalue weighted by molar-refractivity contribution is 7.07. The van der Waals surface area contributed by atoms with E-state index in [0.717, 1.165) is 13.1 Å². The molecule has 0 saturated carbocycles. The van der Waals surface area contributed by atoms with Crippen LogP contribution in [-0.2, 0) is 6.54 Å². The van der Waals surface area contributed by atoms with Gasteiger partial charge >= 0.3 is 0 Å². The molecule has 3 nitrogen and oxygen atoms in total. The third-order valence-electron chi connectivity index (χ3n) is 3.22. The average Bonchev–Trinajstić information content (AvgIpc) is 2.99. The number of nitrogens with one attached hydrogen (secondary N) is 1. The van der Waals surface area contributed by atoms with Gasteiger partial charge in [-0.05, 0) is 41.4 Å². The fraction of sp³-hybridized carbons (Fsp3) is 0.417. The third kappa shape index (κ3) is 2.03. The third-order valence-corrected chi connectivity index (χ3v) is 3.95. The van der Waals surface area contributed by atoms with Crippen LogP contribution in [0.4, 0.5) is 0 Å². The van der Waals surface area contributed by atoms with E-state index in [1.54, 1.807) is 11.3 Å². The zero-order valence-electron chi connectivity index (χ0n) is 9.10. The lowest BCUT2D eigenvalue weighted by Gasteiger charge is -2.14. The van der Waals surface area contributed by atoms with Crippen LogP contribution in [0, 0.1) is 0 Å². The second-order valence-electron chi connectivity index (χ2n) is 4.36. The highest BCUT2D eigenvalue weighted by Crippen LogP contribution is 2.26. The van der Waals surface area contributed by atoms with Crippen LogP contribution < -0.4 is 0 Å². The summed E-state index contributed by atoms with van der Waals surface area (Å²) in [5.41, 5.74) is 2.73. The summed E-state index contributed by atoms with van der Waals surface area (Å²) in [6.07, 6.45) is 3.09. The molecule has 0 radical (unpaired) electrons. The Morgan fingerprint density at radius 1 is 1.50 bits per heavy atom. The Bertz CT molecular complexity index is 421. The van der Waals surface area contributed by atoms with Gasteiger partial charge in [-0.2, -0.15) is 16.4 Å². The minimum Gasteiger partial charge on any atom is -0.298 e. The molecule has 1 N–H and O–H groups in total. The van der Waals surface area contributed by atoms with E-state index in [0.29, 0.717) is 5.92 Å². The number of rotatable bonds is 3. The summed E-state index contributed by atoms with van der Waals surface area (Å²) in [7, 11) is 0. The number of aromatic amines is 1. The van der Waals surface area contributed by atoms with E-state index in [9.17, 15) is 0 Å². The number of aromatic nitrogens is 2. The van der Waals surface area contributed by atoms with Crippen molar-refractivity contribution in [1.29, 1.82) is 0 Å². The molecule has 16 heavy (non-hydrogen) atoms. The Balaban J connectivity index is 1.61. The maximum Gasteiger partial charge on any atom is 0.0490 e. The lowest BCUT2D eigenvalue weighted by atomic mass is 10.1. The smallest absolute Gasteiger partial charge is 0.0490 e. The zero-order chi connectivity index (χ0) is 10.8. The lowest BCUT2D eigenvalue weighted by Crippen LogP contribution is -2.19. The predicted molar refractivity (Wildman–Crippen MR) is 65.5 cm³/mol. The van der Waals surface area contributed by atoms with Gasteiger partial charge in [0.2, 0.25) is 0 Å². The number of likely N-dealkylation sites (tertiary alicyclic amines) is 1. The van der Waals surface area contributed by atoms with E-state index in [1.165, 1.54) is 24.2 Å². The van der Waals surface area contributed by atoms with Crippen LogP contribution in [0.3, 0.4) is 0 Å². The fourth-order valence-corrected chi connectivity index (χ4v) is 3.02. The fourth-order valence-electron chi connectivity index (χ4n) is 2.36. The molecule has 0 spiro atoms. The Kier molecular flexibility index (Phi) is 2.76. The van der Waals surface area contributed by atoms with Gasteiger partial charge < -0.3 is 0 Å². The van der Waals surface area contributed by atoms with E-state index in [4.69, 9.17) is 0 Å². The maximum atomic E-state index is 4.03. The number of thiophene rings is 1. The highest BCUT2D eigenvalue weighted by Gasteiger charge is 2.24. The van der Waals surface area contributed by atoms with Gasteiger partial charge in [0.15, 0.2) is 0 Å². The van der Waals surface area contributed by atoms with Crippen molar-refractivity contribution in [2.75, 3.05) is 13.1 Å². The van der Waals surface area contributed by atoms with Crippen molar-refractivity contribution >= 4 is 11.3 Å². The Hall–Kier alpha value is -1.13. The van der Waals surface area contributed by atoms with Crippen molar-refractivity contribution in [3.05, 3.63) is 40.3 Å². The van der Waals surface area contributed by atoms with Crippen molar-refractivity contribution in [3.63, 3.8) is 0 Å². The van der Waals surface area contributed by atoms with Crippen molar-refractivity contribution < 1.29 is 0 Å². The minimum atomic E-state index is 0.640.